The molecular weight excluding hydrogens is 464 g/mol. The number of carbonyl (C=O) groups is 2. The quantitative estimate of drug-likeness (QED) is 0.214. The van der Waals surface area contributed by atoms with Gasteiger partial charge in [-0.15, -0.1) is 0 Å². The molecule has 1 saturated heterocycles. The zero-order chi connectivity index (χ0) is 24.5. The number of methoxy groups -OCH3 is 1. The van der Waals surface area contributed by atoms with Crippen LogP contribution in [0.5, 0.6) is 5.75 Å². The molecule has 1 aromatic heterocycles. The molecule has 1 aliphatic rings. The van der Waals surface area contributed by atoms with E-state index in [2.05, 4.69) is 4.98 Å². The van der Waals surface area contributed by atoms with Crippen LogP contribution in [-0.2, 0) is 16.0 Å². The molecule has 3 aromatic carbocycles. The van der Waals surface area contributed by atoms with Crippen molar-refractivity contribution >= 4 is 40.0 Å². The van der Waals surface area contributed by atoms with Gasteiger partial charge in [-0.2, -0.15) is 0 Å². The molecule has 0 spiro atoms. The van der Waals surface area contributed by atoms with E-state index in [0.29, 0.717) is 22.6 Å². The zero-order valence-corrected chi connectivity index (χ0v) is 19.8. The number of hydrogen-bond donors (Lipinski definition) is 2. The number of rotatable bonds is 6. The van der Waals surface area contributed by atoms with Gasteiger partial charge in [0.15, 0.2) is 0 Å². The number of carbonyl (C=O) groups excluding carboxylic acids is 2. The summed E-state index contributed by atoms with van der Waals surface area (Å²) in [4.78, 5) is 31.2. The van der Waals surface area contributed by atoms with E-state index in [1.165, 1.54) is 4.90 Å². The molecule has 1 aliphatic heterocycles. The number of amides is 1. The molecule has 35 heavy (non-hydrogen) atoms. The second-order valence-corrected chi connectivity index (χ2v) is 8.82. The second kappa shape index (κ2) is 9.31. The van der Waals surface area contributed by atoms with E-state index in [4.69, 9.17) is 16.3 Å². The SMILES string of the molecule is COc1ccc2[nH]cc(CCN3C(=O)C(=O)C(=C(O)c4ccccc4)[C@H]3c3ccc(Cl)cc3)c2c1. The lowest BCUT2D eigenvalue weighted by molar-refractivity contribution is -0.139. The van der Waals surface area contributed by atoms with Crippen LogP contribution in [0.25, 0.3) is 16.7 Å². The lowest BCUT2D eigenvalue weighted by Gasteiger charge is -2.25. The van der Waals surface area contributed by atoms with Gasteiger partial charge in [-0.25, -0.2) is 0 Å². The number of nitrogens with one attached hydrogen (secondary N) is 1. The molecule has 4 aromatic rings. The molecule has 0 bridgehead atoms. The Bertz CT molecular complexity index is 1440. The van der Waals surface area contributed by atoms with E-state index in [9.17, 15) is 14.7 Å². The Morgan fingerprint density at radius 2 is 1.80 bits per heavy atom. The van der Waals surface area contributed by atoms with Gasteiger partial charge in [0.25, 0.3) is 11.7 Å². The number of Topliss-reactive ketones (excluding diaryl/α,β-unsaturated/α-hetero) is 1. The average Bonchev–Trinajstić information content (AvgIpc) is 3.41. The fourth-order valence-corrected chi connectivity index (χ4v) is 4.71. The third-order valence-corrected chi connectivity index (χ3v) is 6.62. The summed E-state index contributed by atoms with van der Waals surface area (Å²) in [5, 5.41) is 12.6. The molecule has 1 amide bonds. The van der Waals surface area contributed by atoms with E-state index in [-0.39, 0.29) is 17.9 Å². The lowest BCUT2D eigenvalue weighted by Crippen LogP contribution is -2.31. The van der Waals surface area contributed by atoms with E-state index in [1.54, 1.807) is 55.6 Å². The molecule has 6 nitrogen and oxygen atoms in total. The van der Waals surface area contributed by atoms with Crippen LogP contribution in [0.3, 0.4) is 0 Å². The second-order valence-electron chi connectivity index (χ2n) is 8.39. The molecule has 2 N–H and O–H groups in total. The zero-order valence-electron chi connectivity index (χ0n) is 19.0. The van der Waals surface area contributed by atoms with Crippen molar-refractivity contribution in [2.24, 2.45) is 0 Å². The Hall–Kier alpha value is -4.03. The van der Waals surface area contributed by atoms with Gasteiger partial charge in [0.05, 0.1) is 18.7 Å². The molecular formula is C28H23ClN2O4. The molecule has 0 aliphatic carbocycles. The van der Waals surface area contributed by atoms with Gasteiger partial charge in [-0.05, 0) is 47.9 Å². The highest BCUT2D eigenvalue weighted by atomic mass is 35.5. The molecule has 0 unspecified atom stereocenters. The molecule has 7 heteroatoms. The first-order valence-corrected chi connectivity index (χ1v) is 11.6. The van der Waals surface area contributed by atoms with Crippen LogP contribution in [0.1, 0.15) is 22.7 Å². The maximum Gasteiger partial charge on any atom is 0.295 e. The van der Waals surface area contributed by atoms with Crippen molar-refractivity contribution in [1.82, 2.24) is 9.88 Å². The number of H-pyrrole nitrogens is 1. The third-order valence-electron chi connectivity index (χ3n) is 6.37. The summed E-state index contributed by atoms with van der Waals surface area (Å²) in [5.41, 5.74) is 3.21. The van der Waals surface area contributed by atoms with Crippen LogP contribution in [0.15, 0.2) is 84.6 Å². The Labute approximate surface area is 207 Å². The summed E-state index contributed by atoms with van der Waals surface area (Å²) < 4.78 is 5.35. The summed E-state index contributed by atoms with van der Waals surface area (Å²) in [7, 11) is 1.62. The minimum Gasteiger partial charge on any atom is -0.507 e. The molecule has 2 heterocycles. The minimum atomic E-state index is -0.729. The minimum absolute atomic E-state index is 0.0733. The van der Waals surface area contributed by atoms with E-state index in [0.717, 1.165) is 22.2 Å². The molecule has 0 radical (unpaired) electrons. The number of aromatic amines is 1. The van der Waals surface area contributed by atoms with Crippen molar-refractivity contribution in [1.29, 1.82) is 0 Å². The number of ketones is 1. The molecule has 176 valence electrons. The Balaban J connectivity index is 1.55. The van der Waals surface area contributed by atoms with Gasteiger partial charge < -0.3 is 19.7 Å². The Kier molecular flexibility index (Phi) is 6.05. The number of aromatic nitrogens is 1. The molecule has 1 atom stereocenters. The predicted octanol–water partition coefficient (Wildman–Crippen LogP) is 5.49. The van der Waals surface area contributed by atoms with E-state index in [1.807, 2.05) is 30.5 Å². The number of halogens is 1. The summed E-state index contributed by atoms with van der Waals surface area (Å²) in [6, 6.07) is 20.8. The first kappa shape index (κ1) is 22.7. The van der Waals surface area contributed by atoms with Crippen molar-refractivity contribution in [3.05, 3.63) is 106 Å². The summed E-state index contributed by atoms with van der Waals surface area (Å²) >= 11 is 6.09. The summed E-state index contributed by atoms with van der Waals surface area (Å²) in [6.45, 7) is 0.285. The summed E-state index contributed by atoms with van der Waals surface area (Å²) in [5.74, 6) is -0.794. The maximum absolute atomic E-state index is 13.2. The monoisotopic (exact) mass is 486 g/mol. The van der Waals surface area contributed by atoms with Crippen LogP contribution in [-0.4, -0.2) is 40.3 Å². The van der Waals surface area contributed by atoms with Crippen LogP contribution in [0.2, 0.25) is 5.02 Å². The van der Waals surface area contributed by atoms with Gasteiger partial charge in [-0.1, -0.05) is 54.1 Å². The third kappa shape index (κ3) is 4.17. The smallest absolute Gasteiger partial charge is 0.295 e. The van der Waals surface area contributed by atoms with Crippen molar-refractivity contribution < 1.29 is 19.4 Å². The number of aliphatic hydroxyl groups is 1. The fourth-order valence-electron chi connectivity index (χ4n) is 4.59. The highest BCUT2D eigenvalue weighted by Gasteiger charge is 2.45. The number of likely N-dealkylation sites (tertiary alicyclic amines) is 1. The fraction of sp³-hybridized carbons (Fsp3) is 0.143. The predicted molar refractivity (Wildman–Crippen MR) is 135 cm³/mol. The normalized spacial score (nSPS) is 17.3. The lowest BCUT2D eigenvalue weighted by atomic mass is 9.95. The highest BCUT2D eigenvalue weighted by molar-refractivity contribution is 6.46. The largest absolute Gasteiger partial charge is 0.507 e. The van der Waals surface area contributed by atoms with Gasteiger partial charge in [0.2, 0.25) is 0 Å². The summed E-state index contributed by atoms with van der Waals surface area (Å²) in [6.07, 6.45) is 2.41. The van der Waals surface area contributed by atoms with Crippen LogP contribution in [0.4, 0.5) is 0 Å². The number of fused-ring (bicyclic) bond motifs is 1. The van der Waals surface area contributed by atoms with E-state index < -0.39 is 17.7 Å². The van der Waals surface area contributed by atoms with Gasteiger partial charge in [0, 0.05) is 34.2 Å². The Morgan fingerprint density at radius 3 is 2.51 bits per heavy atom. The van der Waals surface area contributed by atoms with Gasteiger partial charge in [-0.3, -0.25) is 9.59 Å². The number of nitrogens with zero attached hydrogens (tertiary/aromatic N) is 1. The number of benzene rings is 3. The van der Waals surface area contributed by atoms with Crippen molar-refractivity contribution in [2.75, 3.05) is 13.7 Å². The number of aliphatic hydroxyl groups excluding tert-OH is 1. The first-order valence-electron chi connectivity index (χ1n) is 11.2. The Morgan fingerprint density at radius 1 is 1.06 bits per heavy atom. The molecule has 0 saturated carbocycles. The van der Waals surface area contributed by atoms with Crippen molar-refractivity contribution in [3.63, 3.8) is 0 Å². The van der Waals surface area contributed by atoms with Crippen LogP contribution < -0.4 is 4.74 Å². The maximum atomic E-state index is 13.2. The van der Waals surface area contributed by atoms with Crippen LogP contribution in [0, 0.1) is 0 Å². The van der Waals surface area contributed by atoms with Crippen molar-refractivity contribution in [2.45, 2.75) is 12.5 Å². The molecule has 1 fully saturated rings. The standard InChI is InChI=1S/C28H23ClN2O4/c1-35-21-11-12-23-22(15-21)19(16-30-23)13-14-31-25(17-7-9-20(29)10-8-17)24(27(33)28(31)34)26(32)18-5-3-2-4-6-18/h2-12,15-16,25,30,32H,13-14H2,1H3/t25-/m1/s1. The van der Waals surface area contributed by atoms with Crippen molar-refractivity contribution in [3.8, 4) is 5.75 Å². The number of hydrogen-bond acceptors (Lipinski definition) is 4. The highest BCUT2D eigenvalue weighted by Crippen LogP contribution is 2.40. The molecule has 5 rings (SSSR count). The van der Waals surface area contributed by atoms with Gasteiger partial charge >= 0.3 is 0 Å². The van der Waals surface area contributed by atoms with E-state index >= 15 is 0 Å². The first-order chi connectivity index (χ1) is 17.0. The van der Waals surface area contributed by atoms with Crippen LogP contribution >= 0.6 is 11.6 Å². The average molecular weight is 487 g/mol. The van der Waals surface area contributed by atoms with Gasteiger partial charge in [0.1, 0.15) is 11.5 Å². The topological polar surface area (TPSA) is 82.6 Å². The number of ether oxygens (including phenoxy) is 1.